The minimum atomic E-state index is -0.459. The number of carbonyl (C=O) groups is 2. The molecule has 7 heteroatoms. The van der Waals surface area contributed by atoms with E-state index >= 15 is 0 Å². The monoisotopic (exact) mass is 320 g/mol. The highest BCUT2D eigenvalue weighted by molar-refractivity contribution is 6.31. The predicted octanol–water partition coefficient (Wildman–Crippen LogP) is 2.80. The van der Waals surface area contributed by atoms with Crippen molar-refractivity contribution >= 4 is 29.1 Å². The number of hydrogen-bond acceptors (Lipinski definition) is 3. The van der Waals surface area contributed by atoms with Crippen molar-refractivity contribution < 1.29 is 9.59 Å². The largest absolute Gasteiger partial charge is 0.340 e. The van der Waals surface area contributed by atoms with E-state index in [0.29, 0.717) is 23.8 Å². The molecule has 2 amide bonds. The first-order valence-corrected chi connectivity index (χ1v) is 7.34. The number of hydrogen-bond donors (Lipinski definition) is 2. The number of rotatable bonds is 5. The Morgan fingerprint density at radius 1 is 1.32 bits per heavy atom. The maximum Gasteiger partial charge on any atom is 0.276 e. The standard InChI is InChI=1S/C15H17ClN4O2/c1-3-20(4-2)15(22)13-12(17-9-18-13)14(21)19-11-7-5-6-10(16)8-11/h5-9H,3-4H2,1-2H3,(H,17,18)(H,19,21). The molecular formula is C15H17ClN4O2. The molecule has 0 aliphatic rings. The number of nitrogens with one attached hydrogen (secondary N) is 2. The number of benzene rings is 1. The van der Waals surface area contributed by atoms with Crippen molar-refractivity contribution in [2.75, 3.05) is 18.4 Å². The van der Waals surface area contributed by atoms with Crippen molar-refractivity contribution in [3.05, 3.63) is 47.0 Å². The normalized spacial score (nSPS) is 10.3. The van der Waals surface area contributed by atoms with Crippen LogP contribution in [0.2, 0.25) is 5.02 Å². The number of aromatic amines is 1. The third-order valence-electron chi connectivity index (χ3n) is 3.20. The number of H-pyrrole nitrogens is 1. The first-order valence-electron chi connectivity index (χ1n) is 6.96. The summed E-state index contributed by atoms with van der Waals surface area (Å²) in [4.78, 5) is 33.0. The van der Waals surface area contributed by atoms with Gasteiger partial charge in [0.15, 0.2) is 5.69 Å². The summed E-state index contributed by atoms with van der Waals surface area (Å²) >= 11 is 5.88. The van der Waals surface area contributed by atoms with Crippen LogP contribution in [0.4, 0.5) is 5.69 Å². The number of halogens is 1. The molecule has 1 heterocycles. The summed E-state index contributed by atoms with van der Waals surface area (Å²) in [5.41, 5.74) is 0.793. The Bertz CT molecular complexity index is 680. The summed E-state index contributed by atoms with van der Waals surface area (Å²) in [6, 6.07) is 6.77. The molecule has 0 radical (unpaired) electrons. The average Bonchev–Trinajstić information content (AvgIpc) is 2.98. The first-order chi connectivity index (χ1) is 10.6. The summed E-state index contributed by atoms with van der Waals surface area (Å²) in [7, 11) is 0. The molecule has 0 spiro atoms. The lowest BCUT2D eigenvalue weighted by Crippen LogP contribution is -2.32. The van der Waals surface area contributed by atoms with Gasteiger partial charge in [0.2, 0.25) is 0 Å². The minimum Gasteiger partial charge on any atom is -0.340 e. The Kier molecular flexibility index (Phi) is 5.16. The highest BCUT2D eigenvalue weighted by Crippen LogP contribution is 2.16. The van der Waals surface area contributed by atoms with Crippen LogP contribution in [0.1, 0.15) is 34.8 Å². The van der Waals surface area contributed by atoms with E-state index in [0.717, 1.165) is 0 Å². The molecule has 6 nitrogen and oxygen atoms in total. The zero-order valence-electron chi connectivity index (χ0n) is 12.4. The van der Waals surface area contributed by atoms with E-state index in [1.165, 1.54) is 6.33 Å². The lowest BCUT2D eigenvalue weighted by Gasteiger charge is -2.18. The van der Waals surface area contributed by atoms with Crippen LogP contribution in [-0.2, 0) is 0 Å². The molecule has 0 saturated heterocycles. The fourth-order valence-electron chi connectivity index (χ4n) is 2.05. The number of nitrogens with zero attached hydrogens (tertiary/aromatic N) is 2. The van der Waals surface area contributed by atoms with Crippen LogP contribution < -0.4 is 5.32 Å². The zero-order chi connectivity index (χ0) is 16.1. The smallest absolute Gasteiger partial charge is 0.276 e. The molecule has 0 unspecified atom stereocenters. The average molecular weight is 321 g/mol. The molecule has 1 aromatic carbocycles. The van der Waals surface area contributed by atoms with Gasteiger partial charge >= 0.3 is 0 Å². The lowest BCUT2D eigenvalue weighted by atomic mass is 10.2. The number of aromatic nitrogens is 2. The number of amides is 2. The number of carbonyl (C=O) groups excluding carboxylic acids is 2. The summed E-state index contributed by atoms with van der Waals surface area (Å²) in [6.45, 7) is 4.88. The fraction of sp³-hybridized carbons (Fsp3) is 0.267. The summed E-state index contributed by atoms with van der Waals surface area (Å²) in [5.74, 6) is -0.710. The van der Waals surface area contributed by atoms with E-state index in [1.807, 2.05) is 13.8 Å². The van der Waals surface area contributed by atoms with E-state index in [9.17, 15) is 9.59 Å². The van der Waals surface area contributed by atoms with Gasteiger partial charge in [-0.05, 0) is 32.0 Å². The second kappa shape index (κ2) is 7.09. The summed E-state index contributed by atoms with van der Waals surface area (Å²) in [5, 5.41) is 3.19. The minimum absolute atomic E-state index is 0.0666. The molecule has 116 valence electrons. The van der Waals surface area contributed by atoms with Gasteiger partial charge in [-0.2, -0.15) is 0 Å². The van der Waals surface area contributed by atoms with Crippen LogP contribution in [0.15, 0.2) is 30.6 Å². The molecule has 2 N–H and O–H groups in total. The Morgan fingerprint density at radius 2 is 2.05 bits per heavy atom. The molecular weight excluding hydrogens is 304 g/mol. The molecule has 0 bridgehead atoms. The van der Waals surface area contributed by atoms with Gasteiger partial charge in [0.1, 0.15) is 5.69 Å². The maximum absolute atomic E-state index is 12.4. The van der Waals surface area contributed by atoms with Gasteiger partial charge in [-0.25, -0.2) is 4.98 Å². The number of imidazole rings is 1. The summed E-state index contributed by atoms with van der Waals surface area (Å²) in [6.07, 6.45) is 1.34. The van der Waals surface area contributed by atoms with E-state index in [4.69, 9.17) is 11.6 Å². The zero-order valence-corrected chi connectivity index (χ0v) is 13.1. The maximum atomic E-state index is 12.4. The van der Waals surface area contributed by atoms with Crippen molar-refractivity contribution in [1.82, 2.24) is 14.9 Å². The Hall–Kier alpha value is -2.34. The van der Waals surface area contributed by atoms with Gasteiger partial charge in [-0.3, -0.25) is 9.59 Å². The molecule has 0 aliphatic heterocycles. The van der Waals surface area contributed by atoms with Crippen molar-refractivity contribution in [2.24, 2.45) is 0 Å². The molecule has 0 aliphatic carbocycles. The topological polar surface area (TPSA) is 78.1 Å². The van der Waals surface area contributed by atoms with E-state index in [-0.39, 0.29) is 17.3 Å². The molecule has 2 aromatic rings. The molecule has 1 aromatic heterocycles. The van der Waals surface area contributed by atoms with E-state index in [1.54, 1.807) is 29.2 Å². The second-order valence-electron chi connectivity index (χ2n) is 4.57. The van der Waals surface area contributed by atoms with Crippen LogP contribution >= 0.6 is 11.6 Å². The SMILES string of the molecule is CCN(CC)C(=O)c1[nH]cnc1C(=O)Nc1cccc(Cl)c1. The van der Waals surface area contributed by atoms with Crippen LogP contribution in [-0.4, -0.2) is 39.8 Å². The van der Waals surface area contributed by atoms with Crippen LogP contribution in [0.25, 0.3) is 0 Å². The van der Waals surface area contributed by atoms with Gasteiger partial charge < -0.3 is 15.2 Å². The molecule has 0 fully saturated rings. The molecule has 0 atom stereocenters. The second-order valence-corrected chi connectivity index (χ2v) is 5.00. The third-order valence-corrected chi connectivity index (χ3v) is 3.44. The highest BCUT2D eigenvalue weighted by atomic mass is 35.5. The molecule has 2 rings (SSSR count). The third kappa shape index (κ3) is 3.46. The highest BCUT2D eigenvalue weighted by Gasteiger charge is 2.23. The van der Waals surface area contributed by atoms with Gasteiger partial charge in [0.05, 0.1) is 6.33 Å². The van der Waals surface area contributed by atoms with Crippen LogP contribution in [0.3, 0.4) is 0 Å². The van der Waals surface area contributed by atoms with Gasteiger partial charge in [-0.15, -0.1) is 0 Å². The molecule has 0 saturated carbocycles. The molecule has 22 heavy (non-hydrogen) atoms. The quantitative estimate of drug-likeness (QED) is 0.889. The predicted molar refractivity (Wildman–Crippen MR) is 85.2 cm³/mol. The Labute approximate surface area is 133 Å². The van der Waals surface area contributed by atoms with Crippen molar-refractivity contribution in [2.45, 2.75) is 13.8 Å². The Balaban J connectivity index is 2.21. The number of anilines is 1. The van der Waals surface area contributed by atoms with E-state index in [2.05, 4.69) is 15.3 Å². The van der Waals surface area contributed by atoms with Crippen LogP contribution in [0, 0.1) is 0 Å². The van der Waals surface area contributed by atoms with Gasteiger partial charge in [0, 0.05) is 23.8 Å². The lowest BCUT2D eigenvalue weighted by molar-refractivity contribution is 0.0762. The fourth-order valence-corrected chi connectivity index (χ4v) is 2.25. The Morgan fingerprint density at radius 3 is 2.68 bits per heavy atom. The van der Waals surface area contributed by atoms with Gasteiger partial charge in [-0.1, -0.05) is 17.7 Å². The van der Waals surface area contributed by atoms with Crippen molar-refractivity contribution in [1.29, 1.82) is 0 Å². The first kappa shape index (κ1) is 16.0. The van der Waals surface area contributed by atoms with Crippen molar-refractivity contribution in [3.8, 4) is 0 Å². The summed E-state index contributed by atoms with van der Waals surface area (Å²) < 4.78 is 0. The van der Waals surface area contributed by atoms with Crippen LogP contribution in [0.5, 0.6) is 0 Å². The van der Waals surface area contributed by atoms with Gasteiger partial charge in [0.25, 0.3) is 11.8 Å². The van der Waals surface area contributed by atoms with Crippen molar-refractivity contribution in [3.63, 3.8) is 0 Å². The van der Waals surface area contributed by atoms with E-state index < -0.39 is 5.91 Å².